The number of carbonyl (C=O) groups is 1. The maximum absolute atomic E-state index is 13.4. The molecule has 3 aromatic rings. The summed E-state index contributed by atoms with van der Waals surface area (Å²) in [5.41, 5.74) is 7.13. The number of nitrogens with zero attached hydrogens (tertiary/aromatic N) is 2. The lowest BCUT2D eigenvalue weighted by atomic mass is 10.1. The third kappa shape index (κ3) is 10.4. The molecule has 0 radical (unpaired) electrons. The Morgan fingerprint density at radius 2 is 1.40 bits per heavy atom. The molecule has 0 atom stereocenters. The van der Waals surface area contributed by atoms with Crippen LogP contribution in [-0.4, -0.2) is 51.7 Å². The third-order valence-electron chi connectivity index (χ3n) is 6.65. The van der Waals surface area contributed by atoms with Crippen molar-refractivity contribution in [3.8, 4) is 0 Å². The molecular formula is C31H43BrClN3O3S. The number of unbranched alkanes of at least 4 members (excludes halogenated alkanes) is 1. The number of amides is 2. The van der Waals surface area contributed by atoms with E-state index < -0.39 is 16.8 Å². The summed E-state index contributed by atoms with van der Waals surface area (Å²) in [5, 5.41) is 0.197. The van der Waals surface area contributed by atoms with Crippen LogP contribution >= 0.6 is 22.4 Å². The molecule has 0 heterocycles. The van der Waals surface area contributed by atoms with Gasteiger partial charge in [-0.15, -0.1) is 0 Å². The van der Waals surface area contributed by atoms with Crippen LogP contribution in [-0.2, 0) is 13.1 Å². The van der Waals surface area contributed by atoms with Crippen LogP contribution in [0, 0.1) is 27.7 Å². The molecule has 0 aliphatic heterocycles. The summed E-state index contributed by atoms with van der Waals surface area (Å²) >= 11 is 6.19. The largest absolute Gasteiger partial charge is 1.00 e. The average Bonchev–Trinajstić information content (AvgIpc) is 2.79. The van der Waals surface area contributed by atoms with E-state index in [4.69, 9.17) is 11.6 Å². The van der Waals surface area contributed by atoms with E-state index in [1.165, 1.54) is 22.8 Å². The molecule has 3 N–H and O–H groups in total. The van der Waals surface area contributed by atoms with Gasteiger partial charge in [0.05, 0.1) is 30.6 Å². The topological polar surface area (TPSA) is 72.8 Å². The number of carbonyl (C=O) groups excluding carboxylic acids is 1. The molecule has 3 rings (SSSR count). The average molecular weight is 653 g/mol. The number of hydrogen-bond acceptors (Lipinski definition) is 3. The number of urea groups is 1. The maximum Gasteiger partial charge on any atom is 0.336 e. The summed E-state index contributed by atoms with van der Waals surface area (Å²) in [6, 6.07) is 18.8. The molecule has 3 aromatic carbocycles. The number of halogens is 2. The van der Waals surface area contributed by atoms with Gasteiger partial charge in [0.15, 0.2) is 0 Å². The van der Waals surface area contributed by atoms with E-state index in [1.54, 1.807) is 23.1 Å². The summed E-state index contributed by atoms with van der Waals surface area (Å²) in [5.74, 6) is 0. The van der Waals surface area contributed by atoms with E-state index in [-0.39, 0.29) is 26.9 Å². The lowest BCUT2D eigenvalue weighted by Gasteiger charge is -2.36. The normalized spacial score (nSPS) is 12.0. The van der Waals surface area contributed by atoms with E-state index in [1.807, 2.05) is 13.8 Å². The first-order valence-corrected chi connectivity index (χ1v) is 15.2. The Kier molecular flexibility index (Phi) is 12.6. The predicted octanol–water partition coefficient (Wildman–Crippen LogP) is 4.87. The van der Waals surface area contributed by atoms with Crippen molar-refractivity contribution in [2.45, 2.75) is 58.5 Å². The second-order valence-corrected chi connectivity index (χ2v) is 13.5. The molecule has 0 unspecified atom stereocenters. The van der Waals surface area contributed by atoms with Crippen LogP contribution in [0.25, 0.3) is 0 Å². The molecule has 0 spiro atoms. The van der Waals surface area contributed by atoms with Crippen molar-refractivity contribution in [1.82, 2.24) is 9.62 Å². The van der Waals surface area contributed by atoms with Crippen LogP contribution in [0.15, 0.2) is 65.6 Å². The first kappa shape index (κ1) is 34.1. The van der Waals surface area contributed by atoms with Gasteiger partial charge in [0, 0.05) is 18.7 Å². The summed E-state index contributed by atoms with van der Waals surface area (Å²) in [6.45, 7) is 11.1. The highest BCUT2D eigenvalue weighted by molar-refractivity contribution is 8.23. The van der Waals surface area contributed by atoms with E-state index in [0.29, 0.717) is 13.1 Å². The van der Waals surface area contributed by atoms with Gasteiger partial charge in [0.2, 0.25) is 0 Å². The van der Waals surface area contributed by atoms with Gasteiger partial charge in [-0.05, 0) is 58.2 Å². The Labute approximate surface area is 257 Å². The van der Waals surface area contributed by atoms with Crippen molar-refractivity contribution in [3.05, 3.63) is 99.1 Å². The fourth-order valence-corrected chi connectivity index (χ4v) is 6.68. The standard InChI is InChI=1S/C31H42ClN3O3S.BrH/c1-23-15-24(2)18-27(17-23)21-34(31(36)33-39(37,38)30-12-8-7-11-29(30)32)13-9-10-14-35(5,6)22-28-19-25(3)16-26(4)20-28;/h7-8,11-12,15-20H,9-10,13-14,21-22H2,1-6H3,(H2-,33,36,37,38);1H. The van der Waals surface area contributed by atoms with E-state index in [2.05, 4.69) is 69.1 Å². The Hall–Kier alpha value is -2.07. The lowest BCUT2D eigenvalue weighted by Crippen LogP contribution is -3.00. The van der Waals surface area contributed by atoms with E-state index in [9.17, 15) is 13.9 Å². The van der Waals surface area contributed by atoms with Crippen LogP contribution in [0.1, 0.15) is 46.2 Å². The molecule has 0 aromatic heterocycles. The van der Waals surface area contributed by atoms with Gasteiger partial charge >= 0.3 is 6.03 Å². The molecule has 9 heteroatoms. The van der Waals surface area contributed by atoms with Gasteiger partial charge in [0.1, 0.15) is 6.54 Å². The van der Waals surface area contributed by atoms with E-state index >= 15 is 0 Å². The molecule has 0 aliphatic carbocycles. The first-order valence-electron chi connectivity index (χ1n) is 13.3. The van der Waals surface area contributed by atoms with Crippen LogP contribution < -0.4 is 21.7 Å². The molecule has 2 amide bonds. The van der Waals surface area contributed by atoms with Gasteiger partial charge in [-0.25, -0.2) is 9.52 Å². The van der Waals surface area contributed by atoms with Crippen molar-refractivity contribution in [2.75, 3.05) is 27.2 Å². The lowest BCUT2D eigenvalue weighted by molar-refractivity contribution is -0.903. The highest BCUT2D eigenvalue weighted by Gasteiger charge is 2.25. The van der Waals surface area contributed by atoms with Crippen molar-refractivity contribution in [2.24, 2.45) is 0 Å². The second-order valence-electron chi connectivity index (χ2n) is 11.3. The monoisotopic (exact) mass is 651 g/mol. The Balaban J connectivity index is 0.00000560. The fourth-order valence-electron chi connectivity index (χ4n) is 5.13. The molecule has 0 fully saturated rings. The molecule has 40 heavy (non-hydrogen) atoms. The highest BCUT2D eigenvalue weighted by Crippen LogP contribution is 2.47. The van der Waals surface area contributed by atoms with E-state index in [0.717, 1.165) is 47.1 Å². The predicted molar refractivity (Wildman–Crippen MR) is 163 cm³/mol. The van der Waals surface area contributed by atoms with Gasteiger partial charge in [-0.2, -0.15) is 0 Å². The maximum atomic E-state index is 13.4. The SMILES string of the molecule is Cc1cc(C)cc(CN(CCCC[N+](C)(C)Cc2cc(C)cc(C)c2)C(=O)NS(O)(O)c2ccccc2Cl)c1.[Br-]. The van der Waals surface area contributed by atoms with Crippen molar-refractivity contribution >= 4 is 28.4 Å². The van der Waals surface area contributed by atoms with Crippen molar-refractivity contribution in [3.63, 3.8) is 0 Å². The summed E-state index contributed by atoms with van der Waals surface area (Å²) in [4.78, 5) is 15.1. The minimum atomic E-state index is -3.62. The molecular weight excluding hydrogens is 610 g/mol. The number of rotatable bonds is 11. The Morgan fingerprint density at radius 1 is 0.875 bits per heavy atom. The van der Waals surface area contributed by atoms with Crippen LogP contribution in [0.3, 0.4) is 0 Å². The molecule has 0 aliphatic rings. The number of aryl methyl sites for hydroxylation is 4. The Bertz CT molecular complexity index is 1260. The minimum Gasteiger partial charge on any atom is -1.00 e. The smallest absolute Gasteiger partial charge is 0.336 e. The third-order valence-corrected chi connectivity index (χ3v) is 8.52. The minimum absolute atomic E-state index is 0. The number of benzene rings is 3. The van der Waals surface area contributed by atoms with Gasteiger partial charge < -0.3 is 26.4 Å². The summed E-state index contributed by atoms with van der Waals surface area (Å²) < 4.78 is 24.9. The highest BCUT2D eigenvalue weighted by atomic mass is 79.9. The van der Waals surface area contributed by atoms with Crippen molar-refractivity contribution < 1.29 is 35.4 Å². The molecule has 0 saturated heterocycles. The number of nitrogens with one attached hydrogen (secondary N) is 1. The first-order chi connectivity index (χ1) is 18.2. The molecule has 0 bridgehead atoms. The second kappa shape index (κ2) is 14.7. The van der Waals surface area contributed by atoms with Gasteiger partial charge in [0.25, 0.3) is 0 Å². The van der Waals surface area contributed by atoms with Crippen molar-refractivity contribution in [1.29, 1.82) is 0 Å². The zero-order valence-electron chi connectivity index (χ0n) is 24.4. The quantitative estimate of drug-likeness (QED) is 0.205. The van der Waals surface area contributed by atoms with Gasteiger partial charge in [-0.3, -0.25) is 9.11 Å². The number of quaternary nitrogens is 1. The zero-order chi connectivity index (χ0) is 28.8. The summed E-state index contributed by atoms with van der Waals surface area (Å²) in [7, 11) is 0.850. The fraction of sp³-hybridized carbons (Fsp3) is 0.387. The summed E-state index contributed by atoms with van der Waals surface area (Å²) in [6.07, 6.45) is 1.72. The van der Waals surface area contributed by atoms with Gasteiger partial charge in [-0.1, -0.05) is 93.2 Å². The zero-order valence-corrected chi connectivity index (χ0v) is 27.5. The number of hydrogen-bond donors (Lipinski definition) is 3. The Morgan fingerprint density at radius 3 is 1.95 bits per heavy atom. The van der Waals surface area contributed by atoms with Crippen LogP contribution in [0.2, 0.25) is 5.02 Å². The molecule has 0 saturated carbocycles. The van der Waals surface area contributed by atoms with Crippen LogP contribution in [0.4, 0.5) is 4.79 Å². The molecule has 220 valence electrons. The molecule has 6 nitrogen and oxygen atoms in total. The van der Waals surface area contributed by atoms with Crippen LogP contribution in [0.5, 0.6) is 0 Å².